The average molecular weight is 375 g/mol. The predicted octanol–water partition coefficient (Wildman–Crippen LogP) is 1.59. The van der Waals surface area contributed by atoms with Gasteiger partial charge in [-0.3, -0.25) is 14.2 Å². The minimum Gasteiger partial charge on any atom is -0.268 e. The van der Waals surface area contributed by atoms with E-state index >= 15 is 0 Å². The number of aryl methyl sites for hydroxylation is 2. The number of rotatable bonds is 2. The van der Waals surface area contributed by atoms with Gasteiger partial charge in [-0.1, -0.05) is 18.2 Å². The number of carbonyl (C=O) groups is 1. The summed E-state index contributed by atoms with van der Waals surface area (Å²) in [6.07, 6.45) is 1.36. The molecule has 8 heteroatoms. The van der Waals surface area contributed by atoms with Crippen molar-refractivity contribution < 1.29 is 4.79 Å². The molecule has 28 heavy (non-hydrogen) atoms. The van der Waals surface area contributed by atoms with Crippen LogP contribution in [0.2, 0.25) is 0 Å². The molecule has 1 aromatic carbocycles. The number of hydrogen-bond donors (Lipinski definition) is 0. The first kappa shape index (κ1) is 17.6. The third kappa shape index (κ3) is 2.66. The van der Waals surface area contributed by atoms with Crippen LogP contribution < -0.4 is 11.2 Å². The second-order valence-corrected chi connectivity index (χ2v) is 6.56. The van der Waals surface area contributed by atoms with Gasteiger partial charge >= 0.3 is 5.69 Å². The zero-order chi connectivity index (χ0) is 20.0. The summed E-state index contributed by atoms with van der Waals surface area (Å²) in [7, 11) is 1.40. The summed E-state index contributed by atoms with van der Waals surface area (Å²) in [5.41, 5.74) is 1.38. The summed E-state index contributed by atoms with van der Waals surface area (Å²) in [6, 6.07) is 12.2. The summed E-state index contributed by atoms with van der Waals surface area (Å²) in [5, 5.41) is 4.37. The number of para-hydroxylation sites is 1. The van der Waals surface area contributed by atoms with Crippen LogP contribution in [0.5, 0.6) is 0 Å². The lowest BCUT2D eigenvalue weighted by atomic mass is 10.2. The summed E-state index contributed by atoms with van der Waals surface area (Å²) < 4.78 is 3.64. The molecule has 0 N–H and O–H groups in total. The van der Waals surface area contributed by atoms with Gasteiger partial charge in [0.2, 0.25) is 0 Å². The van der Waals surface area contributed by atoms with Crippen LogP contribution in [0.4, 0.5) is 0 Å². The van der Waals surface area contributed by atoms with E-state index in [1.807, 2.05) is 6.07 Å². The summed E-state index contributed by atoms with van der Waals surface area (Å²) in [5.74, 6) is -0.389. The van der Waals surface area contributed by atoms with Crippen molar-refractivity contribution in [1.82, 2.24) is 23.9 Å². The van der Waals surface area contributed by atoms with E-state index in [4.69, 9.17) is 0 Å². The summed E-state index contributed by atoms with van der Waals surface area (Å²) in [4.78, 5) is 42.5. The molecule has 0 fully saturated rings. The highest BCUT2D eigenvalue weighted by Gasteiger charge is 2.18. The van der Waals surface area contributed by atoms with E-state index in [1.54, 1.807) is 44.2 Å². The van der Waals surface area contributed by atoms with Crippen LogP contribution in [0.1, 0.15) is 21.7 Å². The molecule has 0 amide bonds. The molecule has 0 spiro atoms. The van der Waals surface area contributed by atoms with Gasteiger partial charge in [-0.25, -0.2) is 19.0 Å². The number of hydrogen-bond acceptors (Lipinski definition) is 5. The molecular formula is C20H17N5O3. The normalized spacial score (nSPS) is 11.1. The molecule has 3 aromatic heterocycles. The SMILES string of the molecule is Cc1cc(C)n(C(=O)c2cnc3c(c2)c(=O)n(C)c(=O)n3-c2ccccc2)n1. The molecule has 0 radical (unpaired) electrons. The van der Waals surface area contributed by atoms with Gasteiger partial charge in [-0.2, -0.15) is 5.10 Å². The van der Waals surface area contributed by atoms with Crippen molar-refractivity contribution in [3.8, 4) is 5.69 Å². The number of aromatic nitrogens is 5. The van der Waals surface area contributed by atoms with Crippen LogP contribution in [0.25, 0.3) is 16.7 Å². The fourth-order valence-corrected chi connectivity index (χ4v) is 3.18. The van der Waals surface area contributed by atoms with E-state index in [2.05, 4.69) is 10.1 Å². The molecule has 0 saturated heterocycles. The molecule has 0 aliphatic carbocycles. The molecule has 3 heterocycles. The van der Waals surface area contributed by atoms with E-state index in [9.17, 15) is 14.4 Å². The van der Waals surface area contributed by atoms with Crippen molar-refractivity contribution >= 4 is 16.9 Å². The van der Waals surface area contributed by atoms with Crippen LogP contribution in [-0.2, 0) is 7.05 Å². The fraction of sp³-hybridized carbons (Fsp3) is 0.150. The van der Waals surface area contributed by atoms with Crippen LogP contribution in [0.15, 0.2) is 58.3 Å². The molecule has 0 unspecified atom stereocenters. The van der Waals surface area contributed by atoms with Crippen molar-refractivity contribution in [2.75, 3.05) is 0 Å². The Morgan fingerprint density at radius 1 is 1.04 bits per heavy atom. The molecule has 0 saturated carbocycles. The van der Waals surface area contributed by atoms with Crippen LogP contribution in [-0.4, -0.2) is 29.8 Å². The van der Waals surface area contributed by atoms with Gasteiger partial charge in [0.05, 0.1) is 22.3 Å². The van der Waals surface area contributed by atoms with Gasteiger partial charge in [-0.15, -0.1) is 0 Å². The highest BCUT2D eigenvalue weighted by Crippen LogP contribution is 2.14. The van der Waals surface area contributed by atoms with Crippen molar-refractivity contribution in [3.05, 3.63) is 86.5 Å². The van der Waals surface area contributed by atoms with Crippen LogP contribution >= 0.6 is 0 Å². The van der Waals surface area contributed by atoms with Gasteiger partial charge in [-0.05, 0) is 38.1 Å². The lowest BCUT2D eigenvalue weighted by Crippen LogP contribution is -2.38. The van der Waals surface area contributed by atoms with E-state index in [0.29, 0.717) is 17.1 Å². The minimum absolute atomic E-state index is 0.179. The quantitative estimate of drug-likeness (QED) is 0.530. The maximum Gasteiger partial charge on any atom is 0.337 e. The highest BCUT2D eigenvalue weighted by atomic mass is 16.2. The number of nitrogens with zero attached hydrogens (tertiary/aromatic N) is 5. The molecule has 0 aliphatic rings. The largest absolute Gasteiger partial charge is 0.337 e. The Hall–Kier alpha value is -3.81. The van der Waals surface area contributed by atoms with E-state index in [-0.39, 0.29) is 22.5 Å². The number of benzene rings is 1. The van der Waals surface area contributed by atoms with Crippen molar-refractivity contribution in [3.63, 3.8) is 0 Å². The summed E-state index contributed by atoms with van der Waals surface area (Å²) in [6.45, 7) is 3.57. The second kappa shape index (κ2) is 6.41. The average Bonchev–Trinajstić information content (AvgIpc) is 3.04. The Balaban J connectivity index is 1.99. The fourth-order valence-electron chi connectivity index (χ4n) is 3.18. The standard InChI is InChI=1S/C20H17N5O3/c1-12-9-13(2)25(22-12)18(26)14-10-16-17(21-11-14)24(15-7-5-4-6-8-15)20(28)23(3)19(16)27/h4-11H,1-3H3. The topological polar surface area (TPSA) is 91.8 Å². The number of fused-ring (bicyclic) bond motifs is 1. The molecule has 8 nitrogen and oxygen atoms in total. The van der Waals surface area contributed by atoms with Gasteiger partial charge in [0.1, 0.15) is 0 Å². The van der Waals surface area contributed by atoms with Gasteiger partial charge in [0.15, 0.2) is 5.65 Å². The Morgan fingerprint density at radius 3 is 2.39 bits per heavy atom. The van der Waals surface area contributed by atoms with E-state index < -0.39 is 11.2 Å². The number of carbonyl (C=O) groups excluding carboxylic acids is 1. The zero-order valence-electron chi connectivity index (χ0n) is 15.6. The highest BCUT2D eigenvalue weighted by molar-refractivity contribution is 5.98. The first-order chi connectivity index (χ1) is 13.4. The van der Waals surface area contributed by atoms with Gasteiger partial charge in [0.25, 0.3) is 11.5 Å². The Bertz CT molecular complexity index is 1350. The van der Waals surface area contributed by atoms with Crippen molar-refractivity contribution in [2.45, 2.75) is 13.8 Å². The molecular weight excluding hydrogens is 358 g/mol. The van der Waals surface area contributed by atoms with E-state index in [0.717, 1.165) is 4.57 Å². The third-order valence-electron chi connectivity index (χ3n) is 4.56. The third-order valence-corrected chi connectivity index (χ3v) is 4.56. The maximum atomic E-state index is 12.8. The summed E-state index contributed by atoms with van der Waals surface area (Å²) >= 11 is 0. The predicted molar refractivity (Wildman–Crippen MR) is 104 cm³/mol. The Labute approximate surface area is 159 Å². The molecule has 0 bridgehead atoms. The van der Waals surface area contributed by atoms with Crippen molar-refractivity contribution in [1.29, 1.82) is 0 Å². The second-order valence-electron chi connectivity index (χ2n) is 6.56. The number of pyridine rings is 1. The molecule has 4 aromatic rings. The minimum atomic E-state index is -0.511. The molecule has 140 valence electrons. The van der Waals surface area contributed by atoms with Crippen molar-refractivity contribution in [2.24, 2.45) is 7.05 Å². The zero-order valence-corrected chi connectivity index (χ0v) is 15.6. The van der Waals surface area contributed by atoms with Crippen LogP contribution in [0.3, 0.4) is 0 Å². The lowest BCUT2D eigenvalue weighted by Gasteiger charge is -2.12. The first-order valence-electron chi connectivity index (χ1n) is 8.63. The van der Waals surface area contributed by atoms with Gasteiger partial charge < -0.3 is 0 Å². The lowest BCUT2D eigenvalue weighted by molar-refractivity contribution is 0.0942. The maximum absolute atomic E-state index is 12.8. The molecule has 0 aliphatic heterocycles. The molecule has 4 rings (SSSR count). The monoisotopic (exact) mass is 375 g/mol. The molecule has 0 atom stereocenters. The Morgan fingerprint density at radius 2 is 1.75 bits per heavy atom. The smallest absolute Gasteiger partial charge is 0.268 e. The first-order valence-corrected chi connectivity index (χ1v) is 8.63. The van der Waals surface area contributed by atoms with Crippen LogP contribution in [0, 0.1) is 13.8 Å². The Kier molecular flexibility index (Phi) is 4.03. The van der Waals surface area contributed by atoms with Gasteiger partial charge in [0, 0.05) is 18.9 Å². The van der Waals surface area contributed by atoms with E-state index in [1.165, 1.54) is 28.6 Å².